The second-order valence-corrected chi connectivity index (χ2v) is 4.80. The largest absolute Gasteiger partial charge is 0.461 e. The molecule has 0 aromatic carbocycles. The van der Waals surface area contributed by atoms with Crippen molar-refractivity contribution in [1.29, 1.82) is 0 Å². The summed E-state index contributed by atoms with van der Waals surface area (Å²) < 4.78 is 10.9. The lowest BCUT2D eigenvalue weighted by Gasteiger charge is -2.20. The maximum atomic E-state index is 12.0. The Morgan fingerprint density at radius 2 is 1.95 bits per heavy atom. The topological polar surface area (TPSA) is 74.6 Å². The number of carbonyl (C=O) groups excluding carboxylic acids is 3. The van der Waals surface area contributed by atoms with E-state index in [2.05, 4.69) is 0 Å². The third-order valence-electron chi connectivity index (χ3n) is 2.09. The molecule has 0 bridgehead atoms. The number of ether oxygens (including phenoxy) is 2. The Bertz CT molecular complexity index is 496. The van der Waals surface area contributed by atoms with E-state index in [-0.39, 0.29) is 18.0 Å². The molecule has 0 aliphatic heterocycles. The first-order valence-electron chi connectivity index (χ1n) is 5.87. The van der Waals surface area contributed by atoms with Crippen molar-refractivity contribution in [3.8, 4) is 0 Å². The Hall–Kier alpha value is -2.11. The predicted molar refractivity (Wildman–Crippen MR) is 67.4 cm³/mol. The minimum absolute atomic E-state index is 0.0294. The molecule has 0 atom stereocenters. The van der Waals surface area contributed by atoms with Crippen LogP contribution in [-0.2, 0) is 9.47 Å². The van der Waals surface area contributed by atoms with Crippen LogP contribution in [0.5, 0.6) is 0 Å². The van der Waals surface area contributed by atoms with Crippen molar-refractivity contribution in [2.75, 3.05) is 6.61 Å². The number of hydrogen-bond acceptors (Lipinski definition) is 5. The van der Waals surface area contributed by atoms with E-state index in [1.165, 1.54) is 12.1 Å². The van der Waals surface area contributed by atoms with Gasteiger partial charge in [-0.25, -0.2) is 14.2 Å². The van der Waals surface area contributed by atoms with E-state index >= 15 is 0 Å². The quantitative estimate of drug-likeness (QED) is 0.620. The average Bonchev–Trinajstić information content (AvgIpc) is 2.70. The van der Waals surface area contributed by atoms with Crippen LogP contribution >= 0.6 is 0 Å². The molecule has 0 spiro atoms. The molecule has 1 rings (SSSR count). The third-order valence-corrected chi connectivity index (χ3v) is 2.09. The van der Waals surface area contributed by atoms with Gasteiger partial charge in [0.1, 0.15) is 11.3 Å². The lowest BCUT2D eigenvalue weighted by Crippen LogP contribution is -2.30. The van der Waals surface area contributed by atoms with Gasteiger partial charge in [0.15, 0.2) is 6.29 Å². The summed E-state index contributed by atoms with van der Waals surface area (Å²) >= 11 is 0. The summed E-state index contributed by atoms with van der Waals surface area (Å²) in [6.45, 7) is 6.91. The van der Waals surface area contributed by atoms with Gasteiger partial charge in [0.2, 0.25) is 0 Å². The molecule has 1 aromatic rings. The monoisotopic (exact) mass is 267 g/mol. The summed E-state index contributed by atoms with van der Waals surface area (Å²) in [7, 11) is 0. The van der Waals surface area contributed by atoms with Crippen LogP contribution in [0.15, 0.2) is 12.1 Å². The van der Waals surface area contributed by atoms with Crippen molar-refractivity contribution in [3.63, 3.8) is 0 Å². The van der Waals surface area contributed by atoms with Gasteiger partial charge in [-0.2, -0.15) is 0 Å². The Labute approximate surface area is 111 Å². The molecule has 0 saturated carbocycles. The second-order valence-electron chi connectivity index (χ2n) is 4.80. The average molecular weight is 267 g/mol. The van der Waals surface area contributed by atoms with Gasteiger partial charge in [-0.15, -0.1) is 0 Å². The number of rotatable bonds is 3. The summed E-state index contributed by atoms with van der Waals surface area (Å²) in [4.78, 5) is 34.6. The molecule has 0 unspecified atom stereocenters. The van der Waals surface area contributed by atoms with Gasteiger partial charge in [-0.3, -0.25) is 4.79 Å². The molecule has 0 amide bonds. The molecule has 0 fully saturated rings. The molecule has 104 valence electrons. The normalized spacial score (nSPS) is 10.9. The van der Waals surface area contributed by atoms with Crippen LogP contribution in [0.4, 0.5) is 4.79 Å². The van der Waals surface area contributed by atoms with Crippen LogP contribution in [0.25, 0.3) is 0 Å². The SMILES string of the molecule is CCOC(=O)c1ccc(C=O)n1C(=O)OC(C)(C)C. The number of aldehydes is 1. The van der Waals surface area contributed by atoms with E-state index in [1.54, 1.807) is 27.7 Å². The van der Waals surface area contributed by atoms with E-state index < -0.39 is 17.7 Å². The lowest BCUT2D eigenvalue weighted by molar-refractivity contribution is 0.0446. The molecule has 0 saturated heterocycles. The van der Waals surface area contributed by atoms with Gasteiger partial charge < -0.3 is 9.47 Å². The fourth-order valence-electron chi connectivity index (χ4n) is 1.42. The number of carbonyl (C=O) groups is 3. The van der Waals surface area contributed by atoms with Crippen LogP contribution in [0.1, 0.15) is 48.7 Å². The highest BCUT2D eigenvalue weighted by molar-refractivity contribution is 5.95. The van der Waals surface area contributed by atoms with Crippen molar-refractivity contribution >= 4 is 18.3 Å². The number of esters is 1. The first-order chi connectivity index (χ1) is 8.80. The molecule has 1 heterocycles. The Morgan fingerprint density at radius 3 is 2.42 bits per heavy atom. The predicted octanol–water partition coefficient (Wildman–Crippen LogP) is 2.26. The van der Waals surface area contributed by atoms with Crippen molar-refractivity contribution in [2.24, 2.45) is 0 Å². The maximum Gasteiger partial charge on any atom is 0.419 e. The van der Waals surface area contributed by atoms with E-state index in [0.29, 0.717) is 6.29 Å². The van der Waals surface area contributed by atoms with E-state index in [0.717, 1.165) is 4.57 Å². The van der Waals surface area contributed by atoms with Crippen molar-refractivity contribution < 1.29 is 23.9 Å². The van der Waals surface area contributed by atoms with Crippen LogP contribution < -0.4 is 0 Å². The fraction of sp³-hybridized carbons (Fsp3) is 0.462. The van der Waals surface area contributed by atoms with Crippen LogP contribution in [0, 0.1) is 0 Å². The molecule has 0 N–H and O–H groups in total. The van der Waals surface area contributed by atoms with Crippen LogP contribution in [-0.4, -0.2) is 35.1 Å². The highest BCUT2D eigenvalue weighted by Crippen LogP contribution is 2.14. The van der Waals surface area contributed by atoms with Crippen LogP contribution in [0.3, 0.4) is 0 Å². The third kappa shape index (κ3) is 3.67. The van der Waals surface area contributed by atoms with Crippen molar-refractivity contribution in [2.45, 2.75) is 33.3 Å². The Balaban J connectivity index is 3.16. The molecule has 6 heteroatoms. The van der Waals surface area contributed by atoms with Gasteiger partial charge in [0, 0.05) is 0 Å². The number of hydrogen-bond donors (Lipinski definition) is 0. The first-order valence-corrected chi connectivity index (χ1v) is 5.87. The van der Waals surface area contributed by atoms with Gasteiger partial charge in [-0.1, -0.05) is 0 Å². The van der Waals surface area contributed by atoms with Gasteiger partial charge in [0.25, 0.3) is 0 Å². The minimum Gasteiger partial charge on any atom is -0.461 e. The molecule has 0 radical (unpaired) electrons. The van der Waals surface area contributed by atoms with Gasteiger partial charge >= 0.3 is 12.1 Å². The maximum absolute atomic E-state index is 12.0. The summed E-state index contributed by atoms with van der Waals surface area (Å²) in [6.07, 6.45) is -0.310. The van der Waals surface area contributed by atoms with Crippen LogP contribution in [0.2, 0.25) is 0 Å². The number of aromatic nitrogens is 1. The molecular weight excluding hydrogens is 250 g/mol. The van der Waals surface area contributed by atoms with E-state index in [4.69, 9.17) is 9.47 Å². The summed E-state index contributed by atoms with van der Waals surface area (Å²) in [5.41, 5.74) is -0.719. The molecule has 6 nitrogen and oxygen atoms in total. The Kier molecular flexibility index (Phi) is 4.47. The molecule has 1 aromatic heterocycles. The molecule has 0 aliphatic carbocycles. The summed E-state index contributed by atoms with van der Waals surface area (Å²) in [5, 5.41) is 0. The zero-order valence-electron chi connectivity index (χ0n) is 11.4. The van der Waals surface area contributed by atoms with Gasteiger partial charge in [-0.05, 0) is 39.8 Å². The standard InChI is InChI=1S/C13H17NO5/c1-5-18-11(16)10-7-6-9(8-15)14(10)12(17)19-13(2,3)4/h6-8H,5H2,1-4H3. The first kappa shape index (κ1) is 14.9. The molecule has 19 heavy (non-hydrogen) atoms. The number of nitrogens with zero attached hydrogens (tertiary/aromatic N) is 1. The van der Waals surface area contributed by atoms with Crippen molar-refractivity contribution in [1.82, 2.24) is 4.57 Å². The van der Waals surface area contributed by atoms with E-state index in [1.807, 2.05) is 0 Å². The van der Waals surface area contributed by atoms with Gasteiger partial charge in [0.05, 0.1) is 12.3 Å². The zero-order valence-corrected chi connectivity index (χ0v) is 11.4. The van der Waals surface area contributed by atoms with Crippen molar-refractivity contribution in [3.05, 3.63) is 23.5 Å². The fourth-order valence-corrected chi connectivity index (χ4v) is 1.42. The summed E-state index contributed by atoms with van der Waals surface area (Å²) in [5.74, 6) is -0.679. The molecule has 0 aliphatic rings. The smallest absolute Gasteiger partial charge is 0.419 e. The second kappa shape index (κ2) is 5.69. The minimum atomic E-state index is -0.789. The summed E-state index contributed by atoms with van der Waals surface area (Å²) in [6, 6.07) is 2.72. The highest BCUT2D eigenvalue weighted by atomic mass is 16.6. The van der Waals surface area contributed by atoms with E-state index in [9.17, 15) is 14.4 Å². The Morgan fingerprint density at radius 1 is 1.32 bits per heavy atom. The highest BCUT2D eigenvalue weighted by Gasteiger charge is 2.25. The molecular formula is C13H17NO5. The zero-order chi connectivity index (χ0) is 14.6. The lowest BCUT2D eigenvalue weighted by atomic mass is 10.2.